The van der Waals surface area contributed by atoms with Crippen LogP contribution < -0.4 is 5.32 Å². The fraction of sp³-hybridized carbons (Fsp3) is 0.421. The third kappa shape index (κ3) is 3.66. The Balaban J connectivity index is 1.66. The van der Waals surface area contributed by atoms with Crippen LogP contribution in [0.5, 0.6) is 0 Å². The summed E-state index contributed by atoms with van der Waals surface area (Å²) in [6, 6.07) is 8.74. The van der Waals surface area contributed by atoms with Crippen molar-refractivity contribution < 1.29 is 4.79 Å². The molecule has 0 spiro atoms. The van der Waals surface area contributed by atoms with E-state index in [4.69, 9.17) is 5.26 Å². The second kappa shape index (κ2) is 7.39. The number of nitrogens with zero attached hydrogens (tertiary/aromatic N) is 4. The summed E-state index contributed by atoms with van der Waals surface area (Å²) >= 11 is 0. The molecule has 2 aliphatic rings. The van der Waals surface area contributed by atoms with Gasteiger partial charge in [0.2, 0.25) is 5.91 Å². The molecule has 6 nitrogen and oxygen atoms in total. The van der Waals surface area contributed by atoms with Gasteiger partial charge in [-0.1, -0.05) is 24.3 Å². The van der Waals surface area contributed by atoms with Gasteiger partial charge >= 0.3 is 0 Å². The number of aliphatic imine (C=N–C) groups is 1. The van der Waals surface area contributed by atoms with Crippen LogP contribution in [0.1, 0.15) is 30.0 Å². The SMILES string of the molecule is C=N/C(=C\N(C)C1CCc2ccccc21)NC(=O)[C@H]1CCN(C#N)C1. The number of benzene rings is 1. The number of nitrogens with one attached hydrogen (secondary N) is 1. The number of hydrogen-bond acceptors (Lipinski definition) is 5. The van der Waals surface area contributed by atoms with Crippen LogP contribution in [0.15, 0.2) is 41.3 Å². The summed E-state index contributed by atoms with van der Waals surface area (Å²) < 4.78 is 0. The van der Waals surface area contributed by atoms with Crippen molar-refractivity contribution in [1.29, 1.82) is 5.26 Å². The lowest BCUT2D eigenvalue weighted by Crippen LogP contribution is -2.32. The molecule has 1 aromatic rings. The summed E-state index contributed by atoms with van der Waals surface area (Å²) in [6.45, 7) is 4.68. The molecule has 1 saturated heterocycles. The van der Waals surface area contributed by atoms with Crippen LogP contribution in [-0.2, 0) is 11.2 Å². The van der Waals surface area contributed by atoms with Crippen LogP contribution in [0.3, 0.4) is 0 Å². The zero-order valence-corrected chi connectivity index (χ0v) is 14.5. The maximum absolute atomic E-state index is 12.4. The average molecular weight is 337 g/mol. The minimum Gasteiger partial charge on any atom is -0.370 e. The van der Waals surface area contributed by atoms with Crippen LogP contribution in [0.25, 0.3) is 0 Å². The quantitative estimate of drug-likeness (QED) is 0.659. The van der Waals surface area contributed by atoms with E-state index in [1.807, 2.05) is 13.2 Å². The largest absolute Gasteiger partial charge is 0.370 e. The molecule has 1 aromatic carbocycles. The predicted molar refractivity (Wildman–Crippen MR) is 96.3 cm³/mol. The molecule has 0 aromatic heterocycles. The summed E-state index contributed by atoms with van der Waals surface area (Å²) in [7, 11) is 2.00. The maximum Gasteiger partial charge on any atom is 0.230 e. The highest BCUT2D eigenvalue weighted by molar-refractivity contribution is 5.81. The van der Waals surface area contributed by atoms with Crippen molar-refractivity contribution in [3.05, 3.63) is 47.4 Å². The Kier molecular flexibility index (Phi) is 5.03. The first-order valence-corrected chi connectivity index (χ1v) is 8.56. The first-order valence-electron chi connectivity index (χ1n) is 8.56. The van der Waals surface area contributed by atoms with Crippen molar-refractivity contribution in [2.24, 2.45) is 10.9 Å². The van der Waals surface area contributed by atoms with Crippen LogP contribution >= 0.6 is 0 Å². The molecule has 1 heterocycles. The third-order valence-electron chi connectivity index (χ3n) is 5.04. The standard InChI is InChI=1S/C19H23N5O/c1-21-18(22-19(25)15-9-10-24(11-15)13-20)12-23(2)17-8-7-14-5-3-4-6-16(14)17/h3-6,12,15,17H,1,7-11H2,2H3,(H,22,25)/b18-12+/t15-,17?/m0/s1. The molecule has 1 aliphatic heterocycles. The first-order chi connectivity index (χ1) is 12.1. The van der Waals surface area contributed by atoms with E-state index in [1.165, 1.54) is 11.1 Å². The Morgan fingerprint density at radius 1 is 1.48 bits per heavy atom. The normalized spacial score (nSPS) is 22.2. The van der Waals surface area contributed by atoms with E-state index in [0.717, 1.165) is 12.8 Å². The molecule has 1 N–H and O–H groups in total. The van der Waals surface area contributed by atoms with Crippen LogP contribution in [0.2, 0.25) is 0 Å². The summed E-state index contributed by atoms with van der Waals surface area (Å²) in [6.07, 6.45) is 6.73. The van der Waals surface area contributed by atoms with Crippen LogP contribution in [0, 0.1) is 17.4 Å². The van der Waals surface area contributed by atoms with E-state index in [9.17, 15) is 4.79 Å². The molecular formula is C19H23N5O. The van der Waals surface area contributed by atoms with Gasteiger partial charge in [0.1, 0.15) is 5.82 Å². The molecule has 0 saturated carbocycles. The third-order valence-corrected chi connectivity index (χ3v) is 5.04. The van der Waals surface area contributed by atoms with Gasteiger partial charge in [-0.2, -0.15) is 5.26 Å². The topological polar surface area (TPSA) is 71.7 Å². The summed E-state index contributed by atoms with van der Waals surface area (Å²) in [5, 5.41) is 11.8. The second-order valence-corrected chi connectivity index (χ2v) is 6.61. The number of likely N-dealkylation sites (tertiary alicyclic amines) is 1. The Morgan fingerprint density at radius 3 is 3.00 bits per heavy atom. The number of carbonyl (C=O) groups excluding carboxylic acids is 1. The Hall–Kier alpha value is -2.81. The van der Waals surface area contributed by atoms with Gasteiger partial charge in [-0.15, -0.1) is 0 Å². The Bertz CT molecular complexity index is 736. The van der Waals surface area contributed by atoms with Crippen LogP contribution in [-0.4, -0.2) is 42.6 Å². The lowest BCUT2D eigenvalue weighted by Gasteiger charge is -2.24. The van der Waals surface area contributed by atoms with Gasteiger partial charge < -0.3 is 15.1 Å². The number of hydrogen-bond donors (Lipinski definition) is 1. The van der Waals surface area contributed by atoms with Gasteiger partial charge in [0.25, 0.3) is 0 Å². The Morgan fingerprint density at radius 2 is 2.28 bits per heavy atom. The molecule has 2 atom stereocenters. The minimum absolute atomic E-state index is 0.100. The van der Waals surface area contributed by atoms with E-state index in [0.29, 0.717) is 25.3 Å². The molecule has 6 heteroatoms. The summed E-state index contributed by atoms with van der Waals surface area (Å²) in [4.78, 5) is 20.0. The van der Waals surface area contributed by atoms with Crippen LogP contribution in [0.4, 0.5) is 0 Å². The van der Waals surface area contributed by atoms with Gasteiger partial charge in [0.05, 0.1) is 12.0 Å². The van der Waals surface area contributed by atoms with E-state index in [1.54, 1.807) is 4.90 Å². The predicted octanol–water partition coefficient (Wildman–Crippen LogP) is 2.02. The molecule has 3 rings (SSSR count). The summed E-state index contributed by atoms with van der Waals surface area (Å²) in [5.41, 5.74) is 2.71. The maximum atomic E-state index is 12.4. The molecule has 0 radical (unpaired) electrons. The van der Waals surface area contributed by atoms with Crippen molar-refractivity contribution >= 4 is 12.6 Å². The van der Waals surface area contributed by atoms with E-state index >= 15 is 0 Å². The van der Waals surface area contributed by atoms with Gasteiger partial charge in [-0.05, 0) is 37.1 Å². The van der Waals surface area contributed by atoms with Gasteiger partial charge in [0.15, 0.2) is 6.19 Å². The van der Waals surface area contributed by atoms with Crippen molar-refractivity contribution in [2.45, 2.75) is 25.3 Å². The highest BCUT2D eigenvalue weighted by atomic mass is 16.2. The number of nitriles is 1. The molecule has 25 heavy (non-hydrogen) atoms. The average Bonchev–Trinajstić information content (AvgIpc) is 3.27. The molecule has 1 fully saturated rings. The van der Waals surface area contributed by atoms with Crippen molar-refractivity contribution in [2.75, 3.05) is 20.1 Å². The lowest BCUT2D eigenvalue weighted by molar-refractivity contribution is -0.123. The van der Waals surface area contributed by atoms with Crippen molar-refractivity contribution in [3.8, 4) is 6.19 Å². The molecule has 1 amide bonds. The summed E-state index contributed by atoms with van der Waals surface area (Å²) in [5.74, 6) is 0.172. The number of amides is 1. The first kappa shape index (κ1) is 17.0. The van der Waals surface area contributed by atoms with E-state index in [-0.39, 0.29) is 17.9 Å². The minimum atomic E-state index is -0.178. The van der Waals surface area contributed by atoms with Gasteiger partial charge in [-0.3, -0.25) is 4.79 Å². The number of rotatable bonds is 5. The zero-order valence-electron chi connectivity index (χ0n) is 14.5. The smallest absolute Gasteiger partial charge is 0.230 e. The van der Waals surface area contributed by atoms with E-state index in [2.05, 4.69) is 52.4 Å². The molecular weight excluding hydrogens is 314 g/mol. The molecule has 1 unspecified atom stereocenters. The number of fused-ring (bicyclic) bond motifs is 1. The highest BCUT2D eigenvalue weighted by Crippen LogP contribution is 2.35. The van der Waals surface area contributed by atoms with E-state index < -0.39 is 0 Å². The Labute approximate surface area is 148 Å². The number of aryl methyl sites for hydroxylation is 1. The number of carbonyl (C=O) groups is 1. The second-order valence-electron chi connectivity index (χ2n) is 6.61. The molecule has 130 valence electrons. The molecule has 0 bridgehead atoms. The fourth-order valence-corrected chi connectivity index (χ4v) is 3.65. The van der Waals surface area contributed by atoms with Gasteiger partial charge in [-0.25, -0.2) is 4.99 Å². The monoisotopic (exact) mass is 337 g/mol. The van der Waals surface area contributed by atoms with Crippen molar-refractivity contribution in [3.63, 3.8) is 0 Å². The fourth-order valence-electron chi connectivity index (χ4n) is 3.65. The van der Waals surface area contributed by atoms with Crippen molar-refractivity contribution in [1.82, 2.24) is 15.1 Å². The van der Waals surface area contributed by atoms with Gasteiger partial charge in [0, 0.05) is 26.3 Å². The highest BCUT2D eigenvalue weighted by Gasteiger charge is 2.28. The zero-order chi connectivity index (χ0) is 17.8. The molecule has 1 aliphatic carbocycles. The lowest BCUT2D eigenvalue weighted by atomic mass is 10.1.